The third kappa shape index (κ3) is 5.38. The monoisotopic (exact) mass is 415 g/mol. The molecule has 1 unspecified atom stereocenters. The molecule has 1 aliphatic heterocycles. The molecule has 160 valence electrons. The van der Waals surface area contributed by atoms with Gasteiger partial charge in [-0.1, -0.05) is 0 Å². The molecule has 30 heavy (non-hydrogen) atoms. The molecule has 1 heterocycles. The van der Waals surface area contributed by atoms with Crippen LogP contribution < -0.4 is 25.0 Å². The van der Waals surface area contributed by atoms with E-state index in [-0.39, 0.29) is 11.6 Å². The number of non-ortho nitro benzene ring substituents is 1. The molecule has 0 spiro atoms. The lowest BCUT2D eigenvalue weighted by Gasteiger charge is -2.26. The minimum atomic E-state index is -0.433. The van der Waals surface area contributed by atoms with Gasteiger partial charge in [0.05, 0.1) is 25.7 Å². The highest BCUT2D eigenvalue weighted by molar-refractivity contribution is 5.76. The topological polar surface area (TPSA) is 107 Å². The smallest absolute Gasteiger partial charge is 0.275 e. The number of carbonyl (C=O) groups is 1. The van der Waals surface area contributed by atoms with Crippen LogP contribution in [0.1, 0.15) is 11.1 Å². The number of rotatable bonds is 9. The van der Waals surface area contributed by atoms with Gasteiger partial charge in [-0.05, 0) is 29.8 Å². The standard InChI is InChI=1S/C21H26N4O5/c1-29-19-11-15-7-10-24(13-16(15)12-20(19)30-2)14-21(26)23-9-8-22-17-3-5-18(6-4-17)25(27)28/h3-6,11-12,22H,7-10,13-14H2,1-2H3,(H,23,26)/p+1. The Morgan fingerprint density at radius 1 is 1.10 bits per heavy atom. The molecule has 0 saturated heterocycles. The Bertz CT molecular complexity index is 901. The number of hydrogen-bond donors (Lipinski definition) is 3. The zero-order valence-electron chi connectivity index (χ0n) is 17.2. The maximum Gasteiger partial charge on any atom is 0.275 e. The van der Waals surface area contributed by atoms with Crippen molar-refractivity contribution in [3.63, 3.8) is 0 Å². The molecule has 9 nitrogen and oxygen atoms in total. The molecule has 0 bridgehead atoms. The van der Waals surface area contributed by atoms with Crippen molar-refractivity contribution < 1.29 is 24.1 Å². The first kappa shape index (κ1) is 21.4. The van der Waals surface area contributed by atoms with E-state index in [1.807, 2.05) is 12.1 Å². The number of ether oxygens (including phenoxy) is 2. The molecule has 9 heteroatoms. The van der Waals surface area contributed by atoms with Crippen LogP contribution in [0, 0.1) is 10.1 Å². The number of nitrogens with zero attached hydrogens (tertiary/aromatic N) is 1. The number of amides is 1. The van der Waals surface area contributed by atoms with Crippen LogP contribution in [0.25, 0.3) is 0 Å². The van der Waals surface area contributed by atoms with E-state index >= 15 is 0 Å². The number of methoxy groups -OCH3 is 2. The van der Waals surface area contributed by atoms with Crippen LogP contribution in [-0.4, -0.2) is 51.2 Å². The van der Waals surface area contributed by atoms with E-state index in [0.717, 1.165) is 30.9 Å². The Balaban J connectivity index is 1.43. The summed E-state index contributed by atoms with van der Waals surface area (Å²) in [6, 6.07) is 10.2. The Labute approximate surface area is 175 Å². The fourth-order valence-corrected chi connectivity index (χ4v) is 3.58. The number of benzene rings is 2. The quantitative estimate of drug-likeness (QED) is 0.317. The Morgan fingerprint density at radius 3 is 2.40 bits per heavy atom. The number of quaternary nitrogens is 1. The molecular weight excluding hydrogens is 388 g/mol. The summed E-state index contributed by atoms with van der Waals surface area (Å²) in [4.78, 5) is 23.7. The van der Waals surface area contributed by atoms with E-state index in [1.54, 1.807) is 26.4 Å². The molecule has 3 rings (SSSR count). The number of carbonyl (C=O) groups excluding carboxylic acids is 1. The molecule has 0 aromatic heterocycles. The van der Waals surface area contributed by atoms with Crippen molar-refractivity contribution in [2.45, 2.75) is 13.0 Å². The van der Waals surface area contributed by atoms with E-state index in [0.29, 0.717) is 25.4 Å². The van der Waals surface area contributed by atoms with E-state index in [4.69, 9.17) is 9.47 Å². The average Bonchev–Trinajstić information content (AvgIpc) is 2.76. The lowest BCUT2D eigenvalue weighted by Crippen LogP contribution is -3.12. The van der Waals surface area contributed by atoms with E-state index < -0.39 is 4.92 Å². The summed E-state index contributed by atoms with van der Waals surface area (Å²) < 4.78 is 10.8. The fourth-order valence-electron chi connectivity index (χ4n) is 3.58. The molecule has 2 aromatic carbocycles. The van der Waals surface area contributed by atoms with Gasteiger partial charge in [0, 0.05) is 42.9 Å². The van der Waals surface area contributed by atoms with E-state index in [1.165, 1.54) is 28.2 Å². The number of anilines is 1. The van der Waals surface area contributed by atoms with Crippen LogP contribution in [0.4, 0.5) is 11.4 Å². The summed E-state index contributed by atoms with van der Waals surface area (Å²) >= 11 is 0. The van der Waals surface area contributed by atoms with Crippen molar-refractivity contribution >= 4 is 17.3 Å². The number of nitrogens with one attached hydrogen (secondary N) is 3. The minimum absolute atomic E-state index is 0.000531. The second-order valence-electron chi connectivity index (χ2n) is 7.16. The summed E-state index contributed by atoms with van der Waals surface area (Å²) in [5.41, 5.74) is 3.25. The van der Waals surface area contributed by atoms with Crippen molar-refractivity contribution in [3.05, 3.63) is 57.6 Å². The van der Waals surface area contributed by atoms with Crippen LogP contribution in [0.5, 0.6) is 11.5 Å². The molecule has 0 fully saturated rings. The van der Waals surface area contributed by atoms with Gasteiger partial charge < -0.3 is 25.0 Å². The molecule has 2 aromatic rings. The second-order valence-corrected chi connectivity index (χ2v) is 7.16. The highest BCUT2D eigenvalue weighted by atomic mass is 16.6. The highest BCUT2D eigenvalue weighted by Crippen LogP contribution is 2.31. The van der Waals surface area contributed by atoms with Gasteiger partial charge in [0.1, 0.15) is 6.54 Å². The third-order valence-electron chi connectivity index (χ3n) is 5.16. The van der Waals surface area contributed by atoms with Gasteiger partial charge in [0.25, 0.3) is 11.6 Å². The Hall–Kier alpha value is -3.33. The third-order valence-corrected chi connectivity index (χ3v) is 5.16. The van der Waals surface area contributed by atoms with E-state index in [9.17, 15) is 14.9 Å². The maximum absolute atomic E-state index is 12.3. The van der Waals surface area contributed by atoms with Crippen molar-refractivity contribution in [2.24, 2.45) is 0 Å². The first-order valence-electron chi connectivity index (χ1n) is 9.82. The SMILES string of the molecule is COc1cc2c(cc1OC)C[NH+](CC(=O)NCCNc1ccc([N+](=O)[O-])cc1)CC2. The zero-order valence-corrected chi connectivity index (χ0v) is 17.2. The lowest BCUT2D eigenvalue weighted by atomic mass is 9.99. The molecule has 0 aliphatic carbocycles. The molecule has 1 amide bonds. The van der Waals surface area contributed by atoms with Crippen LogP contribution in [-0.2, 0) is 17.8 Å². The fraction of sp³-hybridized carbons (Fsp3) is 0.381. The average molecular weight is 415 g/mol. The number of nitro benzene ring substituents is 1. The molecule has 0 radical (unpaired) electrons. The summed E-state index contributed by atoms with van der Waals surface area (Å²) in [6.45, 7) is 3.08. The van der Waals surface area contributed by atoms with Crippen LogP contribution in [0.2, 0.25) is 0 Å². The van der Waals surface area contributed by atoms with Gasteiger partial charge in [-0.3, -0.25) is 14.9 Å². The summed E-state index contributed by atoms with van der Waals surface area (Å²) in [5, 5.41) is 16.7. The Morgan fingerprint density at radius 2 is 1.77 bits per heavy atom. The van der Waals surface area contributed by atoms with Gasteiger partial charge >= 0.3 is 0 Å². The van der Waals surface area contributed by atoms with Crippen molar-refractivity contribution in [2.75, 3.05) is 45.7 Å². The van der Waals surface area contributed by atoms with Gasteiger partial charge in [-0.2, -0.15) is 0 Å². The minimum Gasteiger partial charge on any atom is -0.493 e. The predicted octanol–water partition coefficient (Wildman–Crippen LogP) is 0.781. The molecular formula is C21H27N4O5+. The van der Waals surface area contributed by atoms with Crippen LogP contribution in [0.15, 0.2) is 36.4 Å². The summed E-state index contributed by atoms with van der Waals surface area (Å²) in [5.74, 6) is 1.44. The van der Waals surface area contributed by atoms with E-state index in [2.05, 4.69) is 10.6 Å². The predicted molar refractivity (Wildman–Crippen MR) is 112 cm³/mol. The van der Waals surface area contributed by atoms with Crippen LogP contribution in [0.3, 0.4) is 0 Å². The molecule has 1 aliphatic rings. The van der Waals surface area contributed by atoms with Crippen molar-refractivity contribution in [1.29, 1.82) is 0 Å². The van der Waals surface area contributed by atoms with Crippen LogP contribution >= 0.6 is 0 Å². The number of fused-ring (bicyclic) bond motifs is 1. The Kier molecular flexibility index (Phi) is 7.08. The molecule has 3 N–H and O–H groups in total. The van der Waals surface area contributed by atoms with Crippen molar-refractivity contribution in [1.82, 2.24) is 5.32 Å². The highest BCUT2D eigenvalue weighted by Gasteiger charge is 2.23. The number of nitro groups is 1. The van der Waals surface area contributed by atoms with Crippen molar-refractivity contribution in [3.8, 4) is 11.5 Å². The van der Waals surface area contributed by atoms with Gasteiger partial charge in [-0.25, -0.2) is 0 Å². The van der Waals surface area contributed by atoms with Gasteiger partial charge in [0.2, 0.25) is 0 Å². The van der Waals surface area contributed by atoms with Gasteiger partial charge in [0.15, 0.2) is 18.0 Å². The maximum atomic E-state index is 12.3. The summed E-state index contributed by atoms with van der Waals surface area (Å²) in [7, 11) is 3.25. The molecule has 0 saturated carbocycles. The second kappa shape index (κ2) is 9.93. The first-order valence-corrected chi connectivity index (χ1v) is 9.82. The largest absolute Gasteiger partial charge is 0.493 e. The molecule has 1 atom stereocenters. The normalized spacial score (nSPS) is 15.1. The first-order chi connectivity index (χ1) is 14.5. The zero-order chi connectivity index (χ0) is 21.5. The number of hydrogen-bond acceptors (Lipinski definition) is 6. The summed E-state index contributed by atoms with van der Waals surface area (Å²) in [6.07, 6.45) is 0.889. The lowest BCUT2D eigenvalue weighted by molar-refractivity contribution is -0.908. The van der Waals surface area contributed by atoms with Gasteiger partial charge in [-0.15, -0.1) is 0 Å².